The molecule has 0 aromatic carbocycles. The van der Waals surface area contributed by atoms with Crippen molar-refractivity contribution in [1.82, 2.24) is 0 Å². The highest BCUT2D eigenvalue weighted by atomic mass is 16.4. The highest BCUT2D eigenvalue weighted by molar-refractivity contribution is 5.75. The summed E-state index contributed by atoms with van der Waals surface area (Å²) in [5.74, 6) is -0.832. The van der Waals surface area contributed by atoms with Crippen LogP contribution in [0, 0.1) is 5.41 Å². The maximum absolute atomic E-state index is 10.4. The van der Waals surface area contributed by atoms with Crippen molar-refractivity contribution in [3.8, 4) is 0 Å². The molecule has 0 atom stereocenters. The molecule has 0 aromatic rings. The van der Waals surface area contributed by atoms with Gasteiger partial charge < -0.3 is 5.11 Å². The van der Waals surface area contributed by atoms with Gasteiger partial charge in [-0.15, -0.1) is 5.73 Å². The van der Waals surface area contributed by atoms with Crippen LogP contribution >= 0.6 is 0 Å². The van der Waals surface area contributed by atoms with Gasteiger partial charge in [0.05, 0.1) is 5.41 Å². The Labute approximate surface area is 60.9 Å². The van der Waals surface area contributed by atoms with E-state index in [4.69, 9.17) is 5.11 Å². The van der Waals surface area contributed by atoms with Crippen LogP contribution in [0.3, 0.4) is 0 Å². The van der Waals surface area contributed by atoms with Gasteiger partial charge in [0.15, 0.2) is 0 Å². The molecule has 0 amide bonds. The van der Waals surface area contributed by atoms with Gasteiger partial charge >= 0.3 is 5.97 Å². The van der Waals surface area contributed by atoms with E-state index < -0.39 is 11.4 Å². The van der Waals surface area contributed by atoms with Gasteiger partial charge in [-0.05, 0) is 32.9 Å². The molecule has 0 rings (SSSR count). The zero-order valence-corrected chi connectivity index (χ0v) is 6.51. The van der Waals surface area contributed by atoms with E-state index in [1.807, 2.05) is 0 Å². The molecule has 0 aliphatic heterocycles. The van der Waals surface area contributed by atoms with Crippen molar-refractivity contribution in [2.75, 3.05) is 0 Å². The van der Waals surface area contributed by atoms with Gasteiger partial charge in [-0.25, -0.2) is 0 Å². The molecule has 2 heteroatoms. The number of hydrogen-bond donors (Lipinski definition) is 1. The van der Waals surface area contributed by atoms with E-state index in [9.17, 15) is 4.79 Å². The molecule has 0 aromatic heterocycles. The molecular formula is C8H12O2. The summed E-state index contributed by atoms with van der Waals surface area (Å²) in [5, 5.41) is 8.58. The molecule has 2 nitrogen and oxygen atoms in total. The predicted molar refractivity (Wildman–Crippen MR) is 39.7 cm³/mol. The average Bonchev–Trinajstić information content (AvgIpc) is 1.84. The maximum atomic E-state index is 10.4. The van der Waals surface area contributed by atoms with Crippen LogP contribution in [-0.4, -0.2) is 11.1 Å². The summed E-state index contributed by atoms with van der Waals surface area (Å²) in [6, 6.07) is 0. The van der Waals surface area contributed by atoms with E-state index >= 15 is 0 Å². The van der Waals surface area contributed by atoms with Gasteiger partial charge in [0.2, 0.25) is 0 Å². The average molecular weight is 140 g/mol. The summed E-state index contributed by atoms with van der Waals surface area (Å²) in [6.07, 6.45) is 3.22. The van der Waals surface area contributed by atoms with Gasteiger partial charge in [0.25, 0.3) is 0 Å². The lowest BCUT2D eigenvalue weighted by Crippen LogP contribution is -2.20. The number of rotatable bonds is 2. The smallest absolute Gasteiger partial charge is 0.313 e. The Hall–Kier alpha value is -1.01. The van der Waals surface area contributed by atoms with Crippen LogP contribution in [0.1, 0.15) is 20.8 Å². The minimum Gasteiger partial charge on any atom is -0.481 e. The van der Waals surface area contributed by atoms with Gasteiger partial charge in [-0.1, -0.05) is 0 Å². The summed E-state index contributed by atoms with van der Waals surface area (Å²) >= 11 is 0. The quantitative estimate of drug-likeness (QED) is 0.594. The number of carboxylic acid groups (broad SMARTS) is 1. The van der Waals surface area contributed by atoms with Gasteiger partial charge in [-0.2, -0.15) is 0 Å². The van der Waals surface area contributed by atoms with E-state index in [-0.39, 0.29) is 0 Å². The first kappa shape index (κ1) is 8.99. The molecule has 0 aliphatic rings. The third-order valence-corrected chi connectivity index (χ3v) is 1.16. The molecule has 56 valence electrons. The van der Waals surface area contributed by atoms with E-state index in [1.165, 1.54) is 6.08 Å². The normalized spacial score (nSPS) is 9.90. The first-order valence-corrected chi connectivity index (χ1v) is 3.12. The minimum absolute atomic E-state index is 0.799. The van der Waals surface area contributed by atoms with Crippen LogP contribution < -0.4 is 0 Å². The highest BCUT2D eigenvalue weighted by Gasteiger charge is 2.22. The fraction of sp³-hybridized carbons (Fsp3) is 0.500. The first-order valence-electron chi connectivity index (χ1n) is 3.12. The van der Waals surface area contributed by atoms with Crippen LogP contribution in [-0.2, 0) is 4.79 Å². The lowest BCUT2D eigenvalue weighted by molar-refractivity contribution is -0.144. The third kappa shape index (κ3) is 2.51. The van der Waals surface area contributed by atoms with Crippen molar-refractivity contribution >= 4 is 5.97 Å². The van der Waals surface area contributed by atoms with Gasteiger partial charge in [-0.3, -0.25) is 4.79 Å². The largest absolute Gasteiger partial charge is 0.481 e. The van der Waals surface area contributed by atoms with Crippen LogP contribution in [0.5, 0.6) is 0 Å². The summed E-state index contributed by atoms with van der Waals surface area (Å²) < 4.78 is 0. The Morgan fingerprint density at radius 2 is 2.10 bits per heavy atom. The molecule has 1 N–H and O–H groups in total. The fourth-order valence-electron chi connectivity index (χ4n) is 0.353. The maximum Gasteiger partial charge on any atom is 0.313 e. The summed E-state index contributed by atoms with van der Waals surface area (Å²) in [4.78, 5) is 10.4. The van der Waals surface area contributed by atoms with Gasteiger partial charge in [0, 0.05) is 0 Å². The number of aliphatic carboxylic acids is 1. The lowest BCUT2D eigenvalue weighted by atomic mass is 9.94. The molecule has 0 heterocycles. The van der Waals surface area contributed by atoms with E-state index in [0.717, 1.165) is 0 Å². The van der Waals surface area contributed by atoms with Crippen molar-refractivity contribution in [3.05, 3.63) is 17.9 Å². The van der Waals surface area contributed by atoms with Crippen molar-refractivity contribution in [1.29, 1.82) is 0 Å². The Balaban J connectivity index is 4.42. The second-order valence-electron chi connectivity index (χ2n) is 2.63. The summed E-state index contributed by atoms with van der Waals surface area (Å²) in [6.45, 7) is 5.06. The number of carbonyl (C=O) groups is 1. The van der Waals surface area contributed by atoms with Crippen molar-refractivity contribution in [2.45, 2.75) is 20.8 Å². The first-order chi connectivity index (χ1) is 4.50. The van der Waals surface area contributed by atoms with Crippen molar-refractivity contribution < 1.29 is 9.90 Å². The molecule has 10 heavy (non-hydrogen) atoms. The van der Waals surface area contributed by atoms with Crippen molar-refractivity contribution in [2.24, 2.45) is 5.41 Å². The van der Waals surface area contributed by atoms with Crippen LogP contribution in [0.25, 0.3) is 0 Å². The summed E-state index contributed by atoms with van der Waals surface area (Å²) in [7, 11) is 0. The van der Waals surface area contributed by atoms with Crippen molar-refractivity contribution in [3.63, 3.8) is 0 Å². The fourth-order valence-corrected chi connectivity index (χ4v) is 0.353. The monoisotopic (exact) mass is 140 g/mol. The SMILES string of the molecule is CC=C=CC(C)(C)C(=O)O. The molecule has 0 aliphatic carbocycles. The van der Waals surface area contributed by atoms with E-state index in [1.54, 1.807) is 26.8 Å². The molecule has 0 radical (unpaired) electrons. The lowest BCUT2D eigenvalue weighted by Gasteiger charge is -2.10. The molecule has 0 spiro atoms. The van der Waals surface area contributed by atoms with Crippen LogP contribution in [0.4, 0.5) is 0 Å². The predicted octanol–water partition coefficient (Wildman–Crippen LogP) is 1.83. The molecular weight excluding hydrogens is 128 g/mol. The Kier molecular flexibility index (Phi) is 2.91. The Morgan fingerprint density at radius 1 is 1.60 bits per heavy atom. The van der Waals surface area contributed by atoms with E-state index in [0.29, 0.717) is 0 Å². The molecule has 0 unspecified atom stereocenters. The van der Waals surface area contributed by atoms with E-state index in [2.05, 4.69) is 5.73 Å². The van der Waals surface area contributed by atoms with Crippen LogP contribution in [0.2, 0.25) is 0 Å². The standard InChI is InChI=1S/C8H12O2/c1-4-5-6-8(2,3)7(9)10/h4,6H,1-3H3,(H,9,10). The second kappa shape index (κ2) is 3.23. The molecule has 0 saturated heterocycles. The topological polar surface area (TPSA) is 37.3 Å². The zero-order valence-electron chi connectivity index (χ0n) is 6.51. The number of hydrogen-bond acceptors (Lipinski definition) is 1. The zero-order chi connectivity index (χ0) is 8.20. The summed E-state index contributed by atoms with van der Waals surface area (Å²) in [5.41, 5.74) is 1.94. The molecule has 0 saturated carbocycles. The van der Waals surface area contributed by atoms with Crippen LogP contribution in [0.15, 0.2) is 17.9 Å². The number of carboxylic acids is 1. The highest BCUT2D eigenvalue weighted by Crippen LogP contribution is 2.15. The minimum atomic E-state index is -0.832. The molecule has 0 fully saturated rings. The molecule has 0 bridgehead atoms. The van der Waals surface area contributed by atoms with Gasteiger partial charge in [0.1, 0.15) is 0 Å². The third-order valence-electron chi connectivity index (χ3n) is 1.16. The second-order valence-corrected chi connectivity index (χ2v) is 2.63. The Morgan fingerprint density at radius 3 is 2.40 bits per heavy atom. The Bertz CT molecular complexity index is 183.